The molecule has 1 rings (SSSR count). The van der Waals surface area contributed by atoms with Crippen molar-refractivity contribution in [3.8, 4) is 0 Å². The second kappa shape index (κ2) is 8.61. The molecule has 0 bridgehead atoms. The van der Waals surface area contributed by atoms with Gasteiger partial charge in [-0.1, -0.05) is 39.1 Å². The van der Waals surface area contributed by atoms with Crippen LogP contribution in [0.3, 0.4) is 0 Å². The first-order chi connectivity index (χ1) is 9.86. The summed E-state index contributed by atoms with van der Waals surface area (Å²) in [6, 6.07) is 6.58. The van der Waals surface area contributed by atoms with Crippen molar-refractivity contribution in [2.45, 2.75) is 31.7 Å². The molecule has 0 aliphatic carbocycles. The highest BCUT2D eigenvalue weighted by Gasteiger charge is 2.18. The van der Waals surface area contributed by atoms with Gasteiger partial charge in [-0.3, -0.25) is 0 Å². The Balaban J connectivity index is 3.10. The summed E-state index contributed by atoms with van der Waals surface area (Å²) in [5.74, 6) is 1.53. The average molecular weight is 326 g/mol. The van der Waals surface area contributed by atoms with Crippen molar-refractivity contribution in [2.24, 2.45) is 11.7 Å². The highest BCUT2D eigenvalue weighted by Crippen LogP contribution is 2.29. The van der Waals surface area contributed by atoms with Gasteiger partial charge in [0.05, 0.1) is 0 Å². The van der Waals surface area contributed by atoms with E-state index < -0.39 is 0 Å². The molecular weight excluding hydrogens is 298 g/mol. The van der Waals surface area contributed by atoms with Crippen LogP contribution in [0.4, 0.5) is 5.69 Å². The number of hydrogen-bond donors (Lipinski definition) is 2. The number of nitrogens with one attached hydrogen (secondary N) is 1. The number of anilines is 1. The predicted molar refractivity (Wildman–Crippen MR) is 99.5 cm³/mol. The van der Waals surface area contributed by atoms with Gasteiger partial charge in [0, 0.05) is 28.7 Å². The lowest BCUT2D eigenvalue weighted by Crippen LogP contribution is -2.37. The molecule has 0 saturated carbocycles. The van der Waals surface area contributed by atoms with E-state index in [-0.39, 0.29) is 0 Å². The smallest absolute Gasteiger partial charge is 0.107 e. The first-order valence-electron chi connectivity index (χ1n) is 7.33. The topological polar surface area (TPSA) is 41.3 Å². The Hall–Kier alpha value is -0.780. The minimum Gasteiger partial charge on any atom is -0.389 e. The molecule has 1 aromatic carbocycles. The fraction of sp³-hybridized carbons (Fsp3) is 0.562. The van der Waals surface area contributed by atoms with Crippen LogP contribution in [-0.4, -0.2) is 42.3 Å². The van der Waals surface area contributed by atoms with Crippen LogP contribution in [0.5, 0.6) is 0 Å². The third kappa shape index (κ3) is 5.49. The monoisotopic (exact) mass is 325 g/mol. The largest absolute Gasteiger partial charge is 0.389 e. The quantitative estimate of drug-likeness (QED) is 0.566. The number of hydrogen-bond acceptors (Lipinski definition) is 4. The van der Waals surface area contributed by atoms with Gasteiger partial charge in [-0.2, -0.15) is 0 Å². The highest BCUT2D eigenvalue weighted by atomic mass is 32.2. The summed E-state index contributed by atoms with van der Waals surface area (Å²) in [7, 11) is 4.18. The van der Waals surface area contributed by atoms with Gasteiger partial charge in [-0.05, 0) is 37.9 Å². The molecule has 0 fully saturated rings. The second-order valence-electron chi connectivity index (χ2n) is 5.73. The van der Waals surface area contributed by atoms with Crippen LogP contribution in [-0.2, 0) is 0 Å². The van der Waals surface area contributed by atoms with E-state index in [2.05, 4.69) is 63.3 Å². The van der Waals surface area contributed by atoms with Crippen molar-refractivity contribution < 1.29 is 0 Å². The number of nitrogens with two attached hydrogens (primary N) is 1. The molecule has 3 nitrogen and oxygen atoms in total. The Labute approximate surface area is 138 Å². The summed E-state index contributed by atoms with van der Waals surface area (Å²) in [5.41, 5.74) is 7.99. The van der Waals surface area contributed by atoms with Crippen LogP contribution in [0.1, 0.15) is 26.3 Å². The zero-order valence-corrected chi connectivity index (χ0v) is 15.3. The lowest BCUT2D eigenvalue weighted by atomic mass is 10.0. The summed E-state index contributed by atoms with van der Waals surface area (Å²) in [6.07, 6.45) is 0. The van der Waals surface area contributed by atoms with Gasteiger partial charge in [0.1, 0.15) is 4.99 Å². The Morgan fingerprint density at radius 1 is 1.38 bits per heavy atom. The molecule has 0 radical (unpaired) electrons. The van der Waals surface area contributed by atoms with E-state index in [0.29, 0.717) is 16.9 Å². The standard InChI is InChI=1S/C16H27N3S2/c1-6-21-14-9-7-8-12(15(14)16(17)20)18-13(11(2)3)10-19(4)5/h7-9,11,13,18H,6,10H2,1-5H3,(H2,17,20). The van der Waals surface area contributed by atoms with Gasteiger partial charge in [-0.15, -0.1) is 11.8 Å². The van der Waals surface area contributed by atoms with Crippen LogP contribution < -0.4 is 11.1 Å². The number of thiocarbonyl (C=S) groups is 1. The van der Waals surface area contributed by atoms with Crippen molar-refractivity contribution in [1.82, 2.24) is 4.90 Å². The molecule has 0 aliphatic heterocycles. The van der Waals surface area contributed by atoms with E-state index in [1.165, 1.54) is 0 Å². The van der Waals surface area contributed by atoms with Gasteiger partial charge in [-0.25, -0.2) is 0 Å². The van der Waals surface area contributed by atoms with E-state index >= 15 is 0 Å². The average Bonchev–Trinajstić information content (AvgIpc) is 2.37. The molecular formula is C16H27N3S2. The molecule has 21 heavy (non-hydrogen) atoms. The van der Waals surface area contributed by atoms with Crippen LogP contribution in [0, 0.1) is 5.92 Å². The van der Waals surface area contributed by atoms with Gasteiger partial charge in [0.2, 0.25) is 0 Å². The summed E-state index contributed by atoms with van der Waals surface area (Å²) < 4.78 is 0. The Kier molecular flexibility index (Phi) is 7.49. The molecule has 1 aromatic rings. The first kappa shape index (κ1) is 18.3. The second-order valence-corrected chi connectivity index (χ2v) is 7.48. The minimum atomic E-state index is 0.356. The van der Waals surface area contributed by atoms with Gasteiger partial charge in [0.15, 0.2) is 0 Å². The van der Waals surface area contributed by atoms with Crippen molar-refractivity contribution in [3.05, 3.63) is 23.8 Å². The number of benzene rings is 1. The number of likely N-dealkylation sites (N-methyl/N-ethyl adjacent to an activating group) is 1. The molecule has 0 aliphatic rings. The van der Waals surface area contributed by atoms with E-state index in [9.17, 15) is 0 Å². The maximum Gasteiger partial charge on any atom is 0.107 e. The summed E-state index contributed by atoms with van der Waals surface area (Å²) in [4.78, 5) is 3.81. The maximum atomic E-state index is 5.97. The van der Waals surface area contributed by atoms with Crippen molar-refractivity contribution >= 4 is 34.7 Å². The number of rotatable bonds is 8. The van der Waals surface area contributed by atoms with Crippen LogP contribution in [0.15, 0.2) is 23.1 Å². The minimum absolute atomic E-state index is 0.356. The fourth-order valence-electron chi connectivity index (χ4n) is 2.20. The van der Waals surface area contributed by atoms with E-state index in [4.69, 9.17) is 18.0 Å². The van der Waals surface area contributed by atoms with E-state index in [1.807, 2.05) is 0 Å². The zero-order valence-electron chi connectivity index (χ0n) is 13.6. The maximum absolute atomic E-state index is 5.97. The molecule has 118 valence electrons. The first-order valence-corrected chi connectivity index (χ1v) is 8.73. The molecule has 0 spiro atoms. The summed E-state index contributed by atoms with van der Waals surface area (Å²) in [5, 5.41) is 3.64. The number of thioether (sulfide) groups is 1. The van der Waals surface area contributed by atoms with Crippen molar-refractivity contribution in [1.29, 1.82) is 0 Å². The normalized spacial score (nSPS) is 12.7. The summed E-state index contributed by atoms with van der Waals surface area (Å²) in [6.45, 7) is 7.56. The van der Waals surface area contributed by atoms with Gasteiger partial charge < -0.3 is 16.0 Å². The summed E-state index contributed by atoms with van der Waals surface area (Å²) >= 11 is 7.05. The van der Waals surface area contributed by atoms with Crippen LogP contribution in [0.2, 0.25) is 0 Å². The molecule has 3 N–H and O–H groups in total. The van der Waals surface area contributed by atoms with Crippen LogP contribution in [0.25, 0.3) is 0 Å². The Bertz CT molecular complexity index is 473. The lowest BCUT2D eigenvalue weighted by Gasteiger charge is -2.28. The molecule has 0 saturated heterocycles. The number of nitrogens with zero attached hydrogens (tertiary/aromatic N) is 1. The predicted octanol–water partition coefficient (Wildman–Crippen LogP) is 3.43. The van der Waals surface area contributed by atoms with Crippen molar-refractivity contribution in [2.75, 3.05) is 31.7 Å². The lowest BCUT2D eigenvalue weighted by molar-refractivity contribution is 0.344. The third-order valence-corrected chi connectivity index (χ3v) is 4.42. The SMILES string of the molecule is CCSc1cccc(NC(CN(C)C)C(C)C)c1C(N)=S. The van der Waals surface area contributed by atoms with E-state index in [0.717, 1.165) is 28.4 Å². The Morgan fingerprint density at radius 2 is 2.05 bits per heavy atom. The van der Waals surface area contributed by atoms with Gasteiger partial charge in [0.25, 0.3) is 0 Å². The van der Waals surface area contributed by atoms with Crippen molar-refractivity contribution in [3.63, 3.8) is 0 Å². The molecule has 5 heteroatoms. The molecule has 1 atom stereocenters. The fourth-order valence-corrected chi connectivity index (χ4v) is 3.33. The molecule has 1 unspecified atom stereocenters. The van der Waals surface area contributed by atoms with Gasteiger partial charge >= 0.3 is 0 Å². The molecule has 0 heterocycles. The van der Waals surface area contributed by atoms with E-state index in [1.54, 1.807) is 11.8 Å². The zero-order chi connectivity index (χ0) is 16.0. The van der Waals surface area contributed by atoms with Crippen LogP contribution >= 0.6 is 24.0 Å². The Morgan fingerprint density at radius 3 is 2.52 bits per heavy atom. The highest BCUT2D eigenvalue weighted by molar-refractivity contribution is 7.99. The third-order valence-electron chi connectivity index (χ3n) is 3.28. The molecule has 0 aromatic heterocycles. The molecule has 0 amide bonds.